The number of carbonyl (C=O) groups excluding carboxylic acids is 1. The summed E-state index contributed by atoms with van der Waals surface area (Å²) in [6, 6.07) is 17.9. The van der Waals surface area contributed by atoms with E-state index in [9.17, 15) is 9.90 Å². The molecular weight excluding hydrogens is 364 g/mol. The van der Waals surface area contributed by atoms with Crippen molar-refractivity contribution in [3.8, 4) is 0 Å². The van der Waals surface area contributed by atoms with Crippen LogP contribution in [0.15, 0.2) is 54.6 Å². The number of rotatable bonds is 6. The van der Waals surface area contributed by atoms with Gasteiger partial charge in [0.25, 0.3) is 0 Å². The predicted octanol–water partition coefficient (Wildman–Crippen LogP) is 3.54. The van der Waals surface area contributed by atoms with Gasteiger partial charge < -0.3 is 15.2 Å². The molecule has 0 aromatic heterocycles. The Bertz CT molecular complexity index is 801. The van der Waals surface area contributed by atoms with Crippen LogP contribution < -0.4 is 5.32 Å². The molecule has 0 unspecified atom stereocenters. The molecule has 1 amide bonds. The molecule has 1 heterocycles. The lowest BCUT2D eigenvalue weighted by atomic mass is 9.97. The van der Waals surface area contributed by atoms with Crippen LogP contribution in [0.1, 0.15) is 37.5 Å². The zero-order valence-corrected chi connectivity index (χ0v) is 17.6. The number of carbonyl (C=O) groups is 1. The molecule has 0 spiro atoms. The molecule has 2 N–H and O–H groups in total. The molecule has 1 aliphatic rings. The molecule has 0 bridgehead atoms. The molecule has 0 saturated carbocycles. The molecular formula is C24H32N2O3. The minimum Gasteiger partial charge on any atom is -0.444 e. The van der Waals surface area contributed by atoms with Crippen LogP contribution in [0.4, 0.5) is 4.79 Å². The molecule has 3 rings (SSSR count). The zero-order chi connectivity index (χ0) is 20.9. The quantitative estimate of drug-likeness (QED) is 0.784. The number of aliphatic hydroxyl groups is 1. The van der Waals surface area contributed by atoms with Gasteiger partial charge in [0.05, 0.1) is 12.1 Å². The van der Waals surface area contributed by atoms with E-state index in [-0.39, 0.29) is 0 Å². The lowest BCUT2D eigenvalue weighted by Crippen LogP contribution is -2.51. The second-order valence-corrected chi connectivity index (χ2v) is 8.76. The fourth-order valence-corrected chi connectivity index (χ4v) is 3.71. The van der Waals surface area contributed by atoms with E-state index in [0.29, 0.717) is 13.0 Å². The Hall–Kier alpha value is -2.37. The van der Waals surface area contributed by atoms with Gasteiger partial charge in [-0.1, -0.05) is 54.6 Å². The summed E-state index contributed by atoms with van der Waals surface area (Å²) in [6.45, 7) is 7.72. The van der Waals surface area contributed by atoms with Crippen LogP contribution >= 0.6 is 0 Å². The van der Waals surface area contributed by atoms with Gasteiger partial charge in [-0.3, -0.25) is 4.90 Å². The van der Waals surface area contributed by atoms with Crippen molar-refractivity contribution < 1.29 is 14.6 Å². The number of β-amino-alcohol motifs (C(OH)–C–C–N with tert-alkyl or cyclic N) is 1. The van der Waals surface area contributed by atoms with E-state index in [2.05, 4.69) is 34.5 Å². The molecule has 0 fully saturated rings. The summed E-state index contributed by atoms with van der Waals surface area (Å²) in [6.07, 6.45) is 0.326. The molecule has 2 aromatic rings. The van der Waals surface area contributed by atoms with Gasteiger partial charge >= 0.3 is 6.09 Å². The summed E-state index contributed by atoms with van der Waals surface area (Å²) < 4.78 is 5.42. The fraction of sp³-hybridized carbons (Fsp3) is 0.458. The van der Waals surface area contributed by atoms with Crippen LogP contribution in [0.2, 0.25) is 0 Å². The third-order valence-corrected chi connectivity index (χ3v) is 5.12. The lowest BCUT2D eigenvalue weighted by molar-refractivity contribution is 0.0354. The second kappa shape index (κ2) is 9.42. The number of ether oxygens (including phenoxy) is 1. The molecule has 156 valence electrons. The van der Waals surface area contributed by atoms with E-state index in [1.807, 2.05) is 51.1 Å². The summed E-state index contributed by atoms with van der Waals surface area (Å²) in [7, 11) is 0. The number of amides is 1. The van der Waals surface area contributed by atoms with Gasteiger partial charge in [0.1, 0.15) is 5.60 Å². The highest BCUT2D eigenvalue weighted by Crippen LogP contribution is 2.19. The van der Waals surface area contributed by atoms with Crippen LogP contribution in [0.25, 0.3) is 0 Å². The largest absolute Gasteiger partial charge is 0.444 e. The first-order chi connectivity index (χ1) is 13.8. The summed E-state index contributed by atoms with van der Waals surface area (Å²) >= 11 is 0. The molecule has 5 heteroatoms. The SMILES string of the molecule is CC(C)(C)OC(=O)N[C@H](Cc1ccccc1)[C@H](O)CN1CCc2ccccc2C1. The van der Waals surface area contributed by atoms with E-state index in [4.69, 9.17) is 4.74 Å². The molecule has 0 saturated heterocycles. The predicted molar refractivity (Wildman–Crippen MR) is 115 cm³/mol. The molecule has 1 aliphatic heterocycles. The summed E-state index contributed by atoms with van der Waals surface area (Å²) in [4.78, 5) is 14.6. The van der Waals surface area contributed by atoms with Crippen molar-refractivity contribution in [2.45, 2.75) is 57.9 Å². The van der Waals surface area contributed by atoms with Gasteiger partial charge in [-0.05, 0) is 50.3 Å². The number of hydrogen-bond acceptors (Lipinski definition) is 4. The van der Waals surface area contributed by atoms with E-state index in [0.717, 1.165) is 25.1 Å². The van der Waals surface area contributed by atoms with E-state index < -0.39 is 23.8 Å². The molecule has 0 radical (unpaired) electrons. The van der Waals surface area contributed by atoms with Crippen molar-refractivity contribution in [3.63, 3.8) is 0 Å². The Morgan fingerprint density at radius 1 is 1.10 bits per heavy atom. The van der Waals surface area contributed by atoms with Gasteiger partial charge in [0.15, 0.2) is 0 Å². The van der Waals surface area contributed by atoms with Crippen molar-refractivity contribution in [2.24, 2.45) is 0 Å². The highest BCUT2D eigenvalue weighted by Gasteiger charge is 2.27. The molecule has 5 nitrogen and oxygen atoms in total. The van der Waals surface area contributed by atoms with E-state index in [1.165, 1.54) is 11.1 Å². The Labute approximate surface area is 173 Å². The van der Waals surface area contributed by atoms with Crippen LogP contribution in [0.3, 0.4) is 0 Å². The highest BCUT2D eigenvalue weighted by atomic mass is 16.6. The third-order valence-electron chi connectivity index (χ3n) is 5.12. The van der Waals surface area contributed by atoms with Crippen LogP contribution in [0, 0.1) is 0 Å². The van der Waals surface area contributed by atoms with Crippen molar-refractivity contribution >= 4 is 6.09 Å². The zero-order valence-electron chi connectivity index (χ0n) is 17.6. The van der Waals surface area contributed by atoms with Crippen molar-refractivity contribution in [1.29, 1.82) is 0 Å². The van der Waals surface area contributed by atoms with Gasteiger partial charge in [-0.25, -0.2) is 4.79 Å². The first-order valence-corrected chi connectivity index (χ1v) is 10.3. The van der Waals surface area contributed by atoms with Gasteiger partial charge in [0.2, 0.25) is 0 Å². The maximum atomic E-state index is 12.4. The van der Waals surface area contributed by atoms with Gasteiger partial charge in [0, 0.05) is 19.6 Å². The first kappa shape index (κ1) is 21.3. The topological polar surface area (TPSA) is 61.8 Å². The molecule has 29 heavy (non-hydrogen) atoms. The van der Waals surface area contributed by atoms with Crippen molar-refractivity contribution in [3.05, 3.63) is 71.3 Å². The number of alkyl carbamates (subject to hydrolysis) is 1. The second-order valence-electron chi connectivity index (χ2n) is 8.76. The Morgan fingerprint density at radius 3 is 2.45 bits per heavy atom. The molecule has 2 atom stereocenters. The van der Waals surface area contributed by atoms with Crippen molar-refractivity contribution in [1.82, 2.24) is 10.2 Å². The fourth-order valence-electron chi connectivity index (χ4n) is 3.71. The number of hydrogen-bond donors (Lipinski definition) is 2. The minimum atomic E-state index is -0.701. The van der Waals surface area contributed by atoms with Crippen LogP contribution in [0.5, 0.6) is 0 Å². The first-order valence-electron chi connectivity index (χ1n) is 10.3. The summed E-state index contributed by atoms with van der Waals surface area (Å²) in [5.41, 5.74) is 3.18. The van der Waals surface area contributed by atoms with E-state index in [1.54, 1.807) is 0 Å². The third kappa shape index (κ3) is 6.58. The normalized spacial score (nSPS) is 16.6. The molecule has 0 aliphatic carbocycles. The monoisotopic (exact) mass is 396 g/mol. The number of fused-ring (bicyclic) bond motifs is 1. The number of nitrogens with one attached hydrogen (secondary N) is 1. The maximum Gasteiger partial charge on any atom is 0.407 e. The van der Waals surface area contributed by atoms with Crippen LogP contribution in [-0.4, -0.2) is 46.9 Å². The van der Waals surface area contributed by atoms with Crippen molar-refractivity contribution in [2.75, 3.05) is 13.1 Å². The smallest absolute Gasteiger partial charge is 0.407 e. The van der Waals surface area contributed by atoms with Crippen LogP contribution in [-0.2, 0) is 24.1 Å². The standard InChI is InChI=1S/C24H32N2O3/c1-24(2,3)29-23(28)25-21(15-18-9-5-4-6-10-18)22(27)17-26-14-13-19-11-7-8-12-20(19)16-26/h4-12,21-22,27H,13-17H2,1-3H3,(H,25,28)/t21-,22-/m1/s1. The number of nitrogens with zero attached hydrogens (tertiary/aromatic N) is 1. The van der Waals surface area contributed by atoms with E-state index >= 15 is 0 Å². The average molecular weight is 397 g/mol. The summed E-state index contributed by atoms with van der Waals surface area (Å²) in [5.74, 6) is 0. The highest BCUT2D eigenvalue weighted by molar-refractivity contribution is 5.68. The maximum absolute atomic E-state index is 12.4. The molecule has 2 aromatic carbocycles. The Morgan fingerprint density at radius 2 is 1.76 bits per heavy atom. The minimum absolute atomic E-state index is 0.426. The van der Waals surface area contributed by atoms with Gasteiger partial charge in [-0.15, -0.1) is 0 Å². The lowest BCUT2D eigenvalue weighted by Gasteiger charge is -2.33. The van der Waals surface area contributed by atoms with Gasteiger partial charge in [-0.2, -0.15) is 0 Å². The number of aliphatic hydroxyl groups excluding tert-OH is 1. The average Bonchev–Trinajstić information content (AvgIpc) is 2.66. The Balaban J connectivity index is 1.66. The summed E-state index contributed by atoms with van der Waals surface area (Å²) in [5, 5.41) is 13.9. The Kier molecular flexibility index (Phi) is 6.93. The number of benzene rings is 2.